The van der Waals surface area contributed by atoms with Crippen LogP contribution in [0.4, 0.5) is 0 Å². The van der Waals surface area contributed by atoms with Crippen LogP contribution in [0.25, 0.3) is 6.08 Å². The summed E-state index contributed by atoms with van der Waals surface area (Å²) in [4.78, 5) is 25.2. The van der Waals surface area contributed by atoms with Crippen LogP contribution >= 0.6 is 0 Å². The Balaban J connectivity index is 1.62. The first-order valence-corrected chi connectivity index (χ1v) is 9.36. The number of hydrogen-bond acceptors (Lipinski definition) is 4. The molecule has 0 amide bonds. The van der Waals surface area contributed by atoms with Crippen LogP contribution in [0.15, 0.2) is 66.4 Å². The molecule has 0 aromatic heterocycles. The predicted molar refractivity (Wildman–Crippen MR) is 111 cm³/mol. The first kappa shape index (κ1) is 18.7. The highest BCUT2D eigenvalue weighted by molar-refractivity contribution is 6.15. The zero-order valence-corrected chi connectivity index (χ0v) is 16.5. The van der Waals surface area contributed by atoms with Gasteiger partial charge in [-0.05, 0) is 61.7 Å². The van der Waals surface area contributed by atoms with E-state index >= 15 is 0 Å². The molecule has 1 aliphatic heterocycles. The smallest absolute Gasteiger partial charge is 0.343 e. The van der Waals surface area contributed by atoms with E-state index in [0.717, 1.165) is 16.7 Å². The van der Waals surface area contributed by atoms with E-state index in [4.69, 9.17) is 9.47 Å². The number of esters is 1. The number of carbonyl (C=O) groups excluding carboxylic acids is 2. The summed E-state index contributed by atoms with van der Waals surface area (Å²) in [5.74, 6) is 0.388. The van der Waals surface area contributed by atoms with Gasteiger partial charge in [0.1, 0.15) is 11.5 Å². The third-order valence-corrected chi connectivity index (χ3v) is 4.92. The molecule has 3 aromatic carbocycles. The summed E-state index contributed by atoms with van der Waals surface area (Å²) in [7, 11) is 0. The third-order valence-electron chi connectivity index (χ3n) is 4.92. The Labute approximate surface area is 169 Å². The summed E-state index contributed by atoms with van der Waals surface area (Å²) in [6.07, 6.45) is 1.75. The molecule has 144 valence electrons. The SMILES string of the molecule is Cc1ccc(C(=O)Oc2cc(C)c3c(c2)O/C(=C\c2ccccc2C)C3=O)cc1. The lowest BCUT2D eigenvalue weighted by Gasteiger charge is -2.08. The summed E-state index contributed by atoms with van der Waals surface area (Å²) in [5, 5.41) is 0. The molecule has 29 heavy (non-hydrogen) atoms. The van der Waals surface area contributed by atoms with Crippen LogP contribution in [-0.2, 0) is 0 Å². The van der Waals surface area contributed by atoms with E-state index in [1.165, 1.54) is 0 Å². The van der Waals surface area contributed by atoms with Gasteiger partial charge in [0.2, 0.25) is 5.78 Å². The van der Waals surface area contributed by atoms with Gasteiger partial charge < -0.3 is 9.47 Å². The Morgan fingerprint density at radius 2 is 1.66 bits per heavy atom. The number of rotatable bonds is 3. The fourth-order valence-corrected chi connectivity index (χ4v) is 3.28. The first-order valence-electron chi connectivity index (χ1n) is 9.36. The molecule has 4 rings (SSSR count). The zero-order chi connectivity index (χ0) is 20.5. The van der Waals surface area contributed by atoms with Crippen molar-refractivity contribution in [3.8, 4) is 11.5 Å². The standard InChI is InChI=1S/C25H20O4/c1-15-8-10-18(11-9-15)25(27)28-20-12-17(3)23-21(14-20)29-22(24(23)26)13-19-7-5-4-6-16(19)2/h4-14H,1-3H3/b22-13-. The largest absolute Gasteiger partial charge is 0.452 e. The number of ether oxygens (including phenoxy) is 2. The van der Waals surface area contributed by atoms with E-state index < -0.39 is 5.97 Å². The van der Waals surface area contributed by atoms with E-state index in [0.29, 0.717) is 28.2 Å². The molecule has 0 spiro atoms. The molecule has 4 heteroatoms. The van der Waals surface area contributed by atoms with Gasteiger partial charge in [0.05, 0.1) is 11.1 Å². The van der Waals surface area contributed by atoms with Crippen molar-refractivity contribution in [2.75, 3.05) is 0 Å². The van der Waals surface area contributed by atoms with Crippen LogP contribution in [0.2, 0.25) is 0 Å². The zero-order valence-electron chi connectivity index (χ0n) is 16.5. The van der Waals surface area contributed by atoms with Crippen molar-refractivity contribution in [2.24, 2.45) is 0 Å². The summed E-state index contributed by atoms with van der Waals surface area (Å²) in [6, 6.07) is 18.2. The molecule has 0 fully saturated rings. The second-order valence-corrected chi connectivity index (χ2v) is 7.17. The average molecular weight is 384 g/mol. The Morgan fingerprint density at radius 3 is 2.38 bits per heavy atom. The van der Waals surface area contributed by atoms with Crippen molar-refractivity contribution < 1.29 is 19.1 Å². The number of fused-ring (bicyclic) bond motifs is 1. The number of allylic oxidation sites excluding steroid dienone is 1. The van der Waals surface area contributed by atoms with Gasteiger partial charge in [-0.1, -0.05) is 42.0 Å². The van der Waals surface area contributed by atoms with Crippen molar-refractivity contribution in [3.63, 3.8) is 0 Å². The van der Waals surface area contributed by atoms with Crippen LogP contribution in [0.3, 0.4) is 0 Å². The molecule has 0 unspecified atom stereocenters. The number of ketones is 1. The lowest BCUT2D eigenvalue weighted by molar-refractivity contribution is 0.0734. The molecule has 0 bridgehead atoms. The topological polar surface area (TPSA) is 52.6 Å². The molecule has 1 aliphatic rings. The maximum absolute atomic E-state index is 12.8. The Hall–Kier alpha value is -3.66. The molecule has 0 saturated carbocycles. The number of carbonyl (C=O) groups is 2. The van der Waals surface area contributed by atoms with Gasteiger partial charge in [0.15, 0.2) is 5.76 Å². The molecule has 3 aromatic rings. The van der Waals surface area contributed by atoms with Crippen LogP contribution in [-0.4, -0.2) is 11.8 Å². The highest BCUT2D eigenvalue weighted by atomic mass is 16.5. The van der Waals surface area contributed by atoms with Gasteiger partial charge >= 0.3 is 5.97 Å². The normalized spacial score (nSPS) is 13.9. The summed E-state index contributed by atoms with van der Waals surface area (Å²) in [6.45, 7) is 5.74. The van der Waals surface area contributed by atoms with Gasteiger partial charge in [-0.2, -0.15) is 0 Å². The average Bonchev–Trinajstić information content (AvgIpc) is 3.00. The highest BCUT2D eigenvalue weighted by Gasteiger charge is 2.30. The van der Waals surface area contributed by atoms with Crippen LogP contribution in [0.1, 0.15) is 43.0 Å². The molecular formula is C25H20O4. The minimum absolute atomic E-state index is 0.169. The molecule has 0 N–H and O–H groups in total. The molecule has 0 saturated heterocycles. The Kier molecular flexibility index (Phi) is 4.77. The molecule has 0 atom stereocenters. The van der Waals surface area contributed by atoms with E-state index in [1.54, 1.807) is 37.3 Å². The summed E-state index contributed by atoms with van der Waals surface area (Å²) < 4.78 is 11.3. The number of Topliss-reactive ketones (excluding diaryl/α,β-unsaturated/α-hetero) is 1. The van der Waals surface area contributed by atoms with Crippen LogP contribution < -0.4 is 9.47 Å². The van der Waals surface area contributed by atoms with Crippen molar-refractivity contribution in [1.29, 1.82) is 0 Å². The van der Waals surface area contributed by atoms with Gasteiger partial charge in [-0.15, -0.1) is 0 Å². The van der Waals surface area contributed by atoms with Crippen molar-refractivity contribution in [3.05, 3.63) is 99.8 Å². The number of hydrogen-bond donors (Lipinski definition) is 0. The third kappa shape index (κ3) is 3.69. The predicted octanol–water partition coefficient (Wildman–Crippen LogP) is 5.45. The molecular weight excluding hydrogens is 364 g/mol. The van der Waals surface area contributed by atoms with E-state index in [-0.39, 0.29) is 11.5 Å². The van der Waals surface area contributed by atoms with Crippen LogP contribution in [0, 0.1) is 20.8 Å². The minimum atomic E-state index is -0.454. The van der Waals surface area contributed by atoms with Gasteiger partial charge in [-0.3, -0.25) is 4.79 Å². The Morgan fingerprint density at radius 1 is 0.931 bits per heavy atom. The van der Waals surface area contributed by atoms with Gasteiger partial charge in [0, 0.05) is 6.07 Å². The summed E-state index contributed by atoms with van der Waals surface area (Å²) >= 11 is 0. The fourth-order valence-electron chi connectivity index (χ4n) is 3.28. The Bertz CT molecular complexity index is 1150. The maximum atomic E-state index is 12.8. The molecule has 4 nitrogen and oxygen atoms in total. The van der Waals surface area contributed by atoms with E-state index in [2.05, 4.69) is 0 Å². The van der Waals surface area contributed by atoms with Crippen LogP contribution in [0.5, 0.6) is 11.5 Å². The van der Waals surface area contributed by atoms with E-state index in [1.807, 2.05) is 50.2 Å². The molecule has 1 heterocycles. The fraction of sp³-hybridized carbons (Fsp3) is 0.120. The minimum Gasteiger partial charge on any atom is -0.452 e. The van der Waals surface area contributed by atoms with Crippen molar-refractivity contribution in [2.45, 2.75) is 20.8 Å². The summed E-state index contributed by atoms with van der Waals surface area (Å²) in [5.41, 5.74) is 4.71. The highest BCUT2D eigenvalue weighted by Crippen LogP contribution is 2.37. The lowest BCUT2D eigenvalue weighted by atomic mass is 10.0. The second kappa shape index (κ2) is 7.40. The van der Waals surface area contributed by atoms with Gasteiger partial charge in [0.25, 0.3) is 0 Å². The maximum Gasteiger partial charge on any atom is 0.343 e. The first-order chi connectivity index (χ1) is 13.9. The second-order valence-electron chi connectivity index (χ2n) is 7.17. The quantitative estimate of drug-likeness (QED) is 0.342. The van der Waals surface area contributed by atoms with Crippen molar-refractivity contribution in [1.82, 2.24) is 0 Å². The van der Waals surface area contributed by atoms with E-state index in [9.17, 15) is 9.59 Å². The molecule has 0 radical (unpaired) electrons. The van der Waals surface area contributed by atoms with Gasteiger partial charge in [-0.25, -0.2) is 4.79 Å². The lowest BCUT2D eigenvalue weighted by Crippen LogP contribution is -2.08. The number of aryl methyl sites for hydroxylation is 3. The number of benzene rings is 3. The molecule has 0 aliphatic carbocycles. The van der Waals surface area contributed by atoms with Crippen molar-refractivity contribution >= 4 is 17.8 Å². The monoisotopic (exact) mass is 384 g/mol.